The van der Waals surface area contributed by atoms with Crippen molar-refractivity contribution in [1.29, 1.82) is 0 Å². The maximum absolute atomic E-state index is 12.3. The van der Waals surface area contributed by atoms with E-state index in [1.54, 1.807) is 0 Å². The van der Waals surface area contributed by atoms with Gasteiger partial charge in [-0.15, -0.1) is 11.3 Å². The zero-order chi connectivity index (χ0) is 17.5. The number of nitrogens with one attached hydrogen (secondary N) is 1. The number of carbonyl (C=O) groups excluding carboxylic acids is 1. The van der Waals surface area contributed by atoms with E-state index in [0.717, 1.165) is 30.9 Å². The Hall–Kier alpha value is -1.76. The van der Waals surface area contributed by atoms with Gasteiger partial charge in [0.25, 0.3) is 5.91 Å². The molecule has 1 aromatic carbocycles. The quantitative estimate of drug-likeness (QED) is 0.796. The Morgan fingerprint density at radius 3 is 2.96 bits per heavy atom. The van der Waals surface area contributed by atoms with Gasteiger partial charge < -0.3 is 10.4 Å². The second kappa shape index (κ2) is 9.08. The van der Waals surface area contributed by atoms with Gasteiger partial charge in [0.1, 0.15) is 5.69 Å². The Morgan fingerprint density at radius 1 is 1.32 bits per heavy atom. The minimum atomic E-state index is -0.117. The summed E-state index contributed by atoms with van der Waals surface area (Å²) in [7, 11) is 0. The Bertz CT molecular complexity index is 674. The number of aromatic nitrogens is 1. The largest absolute Gasteiger partial charge is 0.395 e. The lowest BCUT2D eigenvalue weighted by Gasteiger charge is -2.34. The van der Waals surface area contributed by atoms with E-state index in [2.05, 4.69) is 27.3 Å². The smallest absolute Gasteiger partial charge is 0.270 e. The summed E-state index contributed by atoms with van der Waals surface area (Å²) >= 11 is 1.52. The van der Waals surface area contributed by atoms with Crippen molar-refractivity contribution in [2.24, 2.45) is 0 Å². The highest BCUT2D eigenvalue weighted by atomic mass is 32.1. The lowest BCUT2D eigenvalue weighted by molar-refractivity contribution is 0.0847. The first-order valence-corrected chi connectivity index (χ1v) is 9.75. The molecule has 0 saturated carbocycles. The van der Waals surface area contributed by atoms with E-state index >= 15 is 0 Å². The van der Waals surface area contributed by atoms with Crippen molar-refractivity contribution in [2.45, 2.75) is 31.7 Å². The lowest BCUT2D eigenvalue weighted by Crippen LogP contribution is -2.45. The van der Waals surface area contributed by atoms with Crippen molar-refractivity contribution in [3.8, 4) is 0 Å². The number of carbonyl (C=O) groups is 1. The maximum Gasteiger partial charge on any atom is 0.270 e. The first kappa shape index (κ1) is 18.0. The molecule has 1 fully saturated rings. The van der Waals surface area contributed by atoms with Gasteiger partial charge in [-0.1, -0.05) is 36.8 Å². The fraction of sp³-hybridized carbons (Fsp3) is 0.474. The third-order valence-corrected chi connectivity index (χ3v) is 5.48. The maximum atomic E-state index is 12.3. The van der Waals surface area contributed by atoms with Gasteiger partial charge in [0.15, 0.2) is 0 Å². The number of aliphatic hydroxyl groups is 1. The first-order valence-electron chi connectivity index (χ1n) is 8.87. The van der Waals surface area contributed by atoms with Crippen molar-refractivity contribution < 1.29 is 9.90 Å². The monoisotopic (exact) mass is 359 g/mol. The number of rotatable bonds is 7. The van der Waals surface area contributed by atoms with Crippen LogP contribution in [0.2, 0.25) is 0 Å². The molecule has 134 valence electrons. The fourth-order valence-corrected chi connectivity index (χ4v) is 4.04. The zero-order valence-electron chi connectivity index (χ0n) is 14.4. The predicted molar refractivity (Wildman–Crippen MR) is 100.0 cm³/mol. The normalized spacial score (nSPS) is 18.2. The number of benzene rings is 1. The van der Waals surface area contributed by atoms with Crippen LogP contribution in [0.4, 0.5) is 0 Å². The highest BCUT2D eigenvalue weighted by Crippen LogP contribution is 2.16. The standard InChI is InChI=1S/C19H25N3O2S/c23-13-16-8-4-5-10-22(16)11-9-20-19(24)17-14-25-18(21-17)12-15-6-2-1-3-7-15/h1-3,6-7,14,16,23H,4-5,8-13H2,(H,20,24)/t16-/m0/s1. The minimum absolute atomic E-state index is 0.117. The third kappa shape index (κ3) is 5.11. The van der Waals surface area contributed by atoms with Gasteiger partial charge in [0.2, 0.25) is 0 Å². The predicted octanol–water partition coefficient (Wildman–Crippen LogP) is 2.31. The molecule has 5 nitrogen and oxygen atoms in total. The average Bonchev–Trinajstić information content (AvgIpc) is 3.11. The molecular formula is C19H25N3O2S. The van der Waals surface area contributed by atoms with E-state index in [4.69, 9.17) is 0 Å². The van der Waals surface area contributed by atoms with Crippen LogP contribution < -0.4 is 5.32 Å². The van der Waals surface area contributed by atoms with Crippen molar-refractivity contribution >= 4 is 17.2 Å². The topological polar surface area (TPSA) is 65.5 Å². The van der Waals surface area contributed by atoms with Crippen molar-refractivity contribution in [1.82, 2.24) is 15.2 Å². The summed E-state index contributed by atoms with van der Waals surface area (Å²) in [6.07, 6.45) is 4.14. The molecule has 0 radical (unpaired) electrons. The number of amides is 1. The van der Waals surface area contributed by atoms with Crippen LogP contribution >= 0.6 is 11.3 Å². The van der Waals surface area contributed by atoms with E-state index in [9.17, 15) is 9.90 Å². The number of hydrogen-bond donors (Lipinski definition) is 2. The number of aliphatic hydroxyl groups excluding tert-OH is 1. The third-order valence-electron chi connectivity index (χ3n) is 4.63. The second-order valence-corrected chi connectivity index (χ2v) is 7.36. The Labute approximate surface area is 152 Å². The fourth-order valence-electron chi connectivity index (χ4n) is 3.23. The molecule has 1 aliphatic rings. The van der Waals surface area contributed by atoms with Crippen molar-refractivity contribution in [3.05, 3.63) is 52.0 Å². The minimum Gasteiger partial charge on any atom is -0.395 e. The molecule has 3 rings (SSSR count). The van der Waals surface area contributed by atoms with Gasteiger partial charge in [-0.2, -0.15) is 0 Å². The van der Waals surface area contributed by atoms with Gasteiger partial charge in [-0.25, -0.2) is 4.98 Å². The Balaban J connectivity index is 1.47. The van der Waals surface area contributed by atoms with Gasteiger partial charge in [0.05, 0.1) is 11.6 Å². The van der Waals surface area contributed by atoms with Crippen LogP contribution in [0.1, 0.15) is 40.3 Å². The molecule has 25 heavy (non-hydrogen) atoms. The molecule has 1 aliphatic heterocycles. The van der Waals surface area contributed by atoms with Crippen molar-refractivity contribution in [3.63, 3.8) is 0 Å². The molecule has 0 unspecified atom stereocenters. The first-order chi connectivity index (χ1) is 12.3. The number of likely N-dealkylation sites (tertiary alicyclic amines) is 1. The van der Waals surface area contributed by atoms with E-state index in [1.165, 1.54) is 29.7 Å². The van der Waals surface area contributed by atoms with Gasteiger partial charge in [-0.3, -0.25) is 9.69 Å². The lowest BCUT2D eigenvalue weighted by atomic mass is 10.0. The van der Waals surface area contributed by atoms with Crippen molar-refractivity contribution in [2.75, 3.05) is 26.2 Å². The molecule has 2 heterocycles. The number of hydrogen-bond acceptors (Lipinski definition) is 5. The molecule has 0 bridgehead atoms. The summed E-state index contributed by atoms with van der Waals surface area (Å²) in [4.78, 5) is 19.0. The molecule has 1 atom stereocenters. The number of thiazole rings is 1. The Morgan fingerprint density at radius 2 is 2.16 bits per heavy atom. The molecule has 6 heteroatoms. The van der Waals surface area contributed by atoms with Crippen LogP contribution in [0.5, 0.6) is 0 Å². The van der Waals surface area contributed by atoms with Gasteiger partial charge >= 0.3 is 0 Å². The molecular weight excluding hydrogens is 334 g/mol. The molecule has 0 spiro atoms. The van der Waals surface area contributed by atoms with Gasteiger partial charge in [-0.05, 0) is 24.9 Å². The molecule has 2 N–H and O–H groups in total. The highest BCUT2D eigenvalue weighted by Gasteiger charge is 2.21. The second-order valence-electron chi connectivity index (χ2n) is 6.41. The summed E-state index contributed by atoms with van der Waals surface area (Å²) in [6, 6.07) is 10.4. The van der Waals surface area contributed by atoms with E-state index in [0.29, 0.717) is 12.2 Å². The van der Waals surface area contributed by atoms with E-state index < -0.39 is 0 Å². The summed E-state index contributed by atoms with van der Waals surface area (Å²) in [5, 5.41) is 15.2. The highest BCUT2D eigenvalue weighted by molar-refractivity contribution is 7.09. The SMILES string of the molecule is O=C(NCCN1CCCC[C@H]1CO)c1csc(Cc2ccccc2)n1. The van der Waals surface area contributed by atoms with E-state index in [-0.39, 0.29) is 18.6 Å². The zero-order valence-corrected chi connectivity index (χ0v) is 15.2. The van der Waals surface area contributed by atoms with Crippen LogP contribution in [0.3, 0.4) is 0 Å². The van der Waals surface area contributed by atoms with Crippen LogP contribution in [-0.4, -0.2) is 53.2 Å². The van der Waals surface area contributed by atoms with Crippen LogP contribution in [-0.2, 0) is 6.42 Å². The molecule has 2 aromatic rings. The summed E-state index contributed by atoms with van der Waals surface area (Å²) in [5.41, 5.74) is 1.69. The molecule has 0 aliphatic carbocycles. The number of piperidine rings is 1. The average molecular weight is 359 g/mol. The summed E-state index contributed by atoms with van der Waals surface area (Å²) in [5.74, 6) is -0.117. The summed E-state index contributed by atoms with van der Waals surface area (Å²) < 4.78 is 0. The van der Waals surface area contributed by atoms with Crippen LogP contribution in [0, 0.1) is 0 Å². The van der Waals surface area contributed by atoms with Crippen LogP contribution in [0.15, 0.2) is 35.7 Å². The number of nitrogens with zero attached hydrogens (tertiary/aromatic N) is 2. The van der Waals surface area contributed by atoms with Gasteiger partial charge in [0, 0.05) is 30.9 Å². The Kier molecular flexibility index (Phi) is 6.55. The molecule has 1 saturated heterocycles. The molecule has 1 amide bonds. The molecule has 1 aromatic heterocycles. The summed E-state index contributed by atoms with van der Waals surface area (Å²) in [6.45, 7) is 2.56. The van der Waals surface area contributed by atoms with E-state index in [1.807, 2.05) is 23.6 Å². The van der Waals surface area contributed by atoms with Crippen LogP contribution in [0.25, 0.3) is 0 Å².